The van der Waals surface area contributed by atoms with Gasteiger partial charge in [-0.1, -0.05) is 18.2 Å². The van der Waals surface area contributed by atoms with Gasteiger partial charge in [0.1, 0.15) is 11.6 Å². The van der Waals surface area contributed by atoms with Gasteiger partial charge in [0.2, 0.25) is 0 Å². The number of methoxy groups -OCH3 is 1. The highest BCUT2D eigenvalue weighted by atomic mass is 19.4. The van der Waals surface area contributed by atoms with Gasteiger partial charge in [0.15, 0.2) is 5.96 Å². The molecular formula is C20H23F4N3O2. The van der Waals surface area contributed by atoms with Gasteiger partial charge >= 0.3 is 6.18 Å². The Morgan fingerprint density at radius 3 is 2.41 bits per heavy atom. The van der Waals surface area contributed by atoms with Crippen LogP contribution in [0.5, 0.6) is 5.75 Å². The third-order valence-corrected chi connectivity index (χ3v) is 4.09. The molecule has 0 amide bonds. The van der Waals surface area contributed by atoms with Crippen molar-refractivity contribution < 1.29 is 27.4 Å². The maximum absolute atomic E-state index is 13.2. The zero-order valence-electron chi connectivity index (χ0n) is 16.1. The number of nitrogens with zero attached hydrogens (tertiary/aromatic N) is 1. The Labute approximate surface area is 166 Å². The molecule has 29 heavy (non-hydrogen) atoms. The van der Waals surface area contributed by atoms with Crippen molar-refractivity contribution in [2.45, 2.75) is 25.7 Å². The van der Waals surface area contributed by atoms with Crippen molar-refractivity contribution in [3.63, 3.8) is 0 Å². The Morgan fingerprint density at radius 1 is 1.14 bits per heavy atom. The minimum Gasteiger partial charge on any atom is -0.497 e. The molecule has 1 unspecified atom stereocenters. The fraction of sp³-hybridized carbons (Fsp3) is 0.350. The molecule has 0 aliphatic rings. The first-order chi connectivity index (χ1) is 13.7. The van der Waals surface area contributed by atoms with E-state index in [1.165, 1.54) is 7.11 Å². The molecule has 0 aliphatic heterocycles. The summed E-state index contributed by atoms with van der Waals surface area (Å²) in [5, 5.41) is 16.1. The van der Waals surface area contributed by atoms with Gasteiger partial charge in [0.25, 0.3) is 0 Å². The smallest absolute Gasteiger partial charge is 0.416 e. The van der Waals surface area contributed by atoms with Crippen molar-refractivity contribution in [3.05, 3.63) is 65.0 Å². The molecule has 0 aliphatic carbocycles. The lowest BCUT2D eigenvalue weighted by atomic mass is 10.1. The Hall–Kier alpha value is -2.81. The van der Waals surface area contributed by atoms with E-state index in [2.05, 4.69) is 15.6 Å². The van der Waals surface area contributed by atoms with E-state index in [-0.39, 0.29) is 24.6 Å². The summed E-state index contributed by atoms with van der Waals surface area (Å²) in [6, 6.07) is 9.34. The molecule has 0 fully saturated rings. The zero-order chi connectivity index (χ0) is 21.4. The molecule has 0 heterocycles. The fourth-order valence-corrected chi connectivity index (χ4v) is 2.59. The predicted octanol–water partition coefficient (Wildman–Crippen LogP) is 3.64. The monoisotopic (exact) mass is 413 g/mol. The van der Waals surface area contributed by atoms with E-state index in [1.54, 1.807) is 31.2 Å². The van der Waals surface area contributed by atoms with Crippen LogP contribution < -0.4 is 15.4 Å². The Kier molecular flexibility index (Phi) is 7.83. The molecule has 3 N–H and O–H groups in total. The molecule has 0 aromatic heterocycles. The minimum atomic E-state index is -4.68. The number of aliphatic hydroxyl groups excluding tert-OH is 1. The van der Waals surface area contributed by atoms with Crippen LogP contribution in [0, 0.1) is 5.82 Å². The van der Waals surface area contributed by atoms with Crippen molar-refractivity contribution in [2.24, 2.45) is 4.99 Å². The van der Waals surface area contributed by atoms with Gasteiger partial charge in [0, 0.05) is 13.1 Å². The third kappa shape index (κ3) is 6.63. The van der Waals surface area contributed by atoms with Crippen LogP contribution in [0.3, 0.4) is 0 Å². The number of aliphatic imine (C=N–C) groups is 1. The van der Waals surface area contributed by atoms with Crippen LogP contribution in [0.15, 0.2) is 47.5 Å². The van der Waals surface area contributed by atoms with Crippen molar-refractivity contribution in [2.75, 3.05) is 20.2 Å². The van der Waals surface area contributed by atoms with Crippen molar-refractivity contribution in [3.8, 4) is 5.75 Å². The van der Waals surface area contributed by atoms with Gasteiger partial charge in [-0.2, -0.15) is 13.2 Å². The summed E-state index contributed by atoms with van der Waals surface area (Å²) in [6.45, 7) is 2.06. The molecule has 5 nitrogen and oxygen atoms in total. The number of alkyl halides is 3. The molecule has 9 heteroatoms. The maximum atomic E-state index is 13.2. The lowest BCUT2D eigenvalue weighted by Crippen LogP contribution is -2.39. The molecule has 158 valence electrons. The fourth-order valence-electron chi connectivity index (χ4n) is 2.59. The van der Waals surface area contributed by atoms with Crippen LogP contribution in [-0.4, -0.2) is 31.3 Å². The molecule has 0 spiro atoms. The Morgan fingerprint density at radius 2 is 1.83 bits per heavy atom. The van der Waals surface area contributed by atoms with E-state index < -0.39 is 23.7 Å². The number of ether oxygens (including phenoxy) is 1. The van der Waals surface area contributed by atoms with E-state index in [0.717, 1.165) is 12.1 Å². The van der Waals surface area contributed by atoms with E-state index in [4.69, 9.17) is 4.74 Å². The third-order valence-electron chi connectivity index (χ3n) is 4.09. The summed E-state index contributed by atoms with van der Waals surface area (Å²) < 4.78 is 57.6. The predicted molar refractivity (Wildman–Crippen MR) is 102 cm³/mol. The molecule has 2 aromatic carbocycles. The van der Waals surface area contributed by atoms with Crippen molar-refractivity contribution >= 4 is 5.96 Å². The summed E-state index contributed by atoms with van der Waals surface area (Å²) >= 11 is 0. The number of nitrogens with one attached hydrogen (secondary N) is 2. The van der Waals surface area contributed by atoms with E-state index in [1.807, 2.05) is 0 Å². The first-order valence-electron chi connectivity index (χ1n) is 8.94. The Balaban J connectivity index is 2.08. The summed E-state index contributed by atoms with van der Waals surface area (Å²) in [5.41, 5.74) is -0.561. The van der Waals surface area contributed by atoms with Crippen molar-refractivity contribution in [1.29, 1.82) is 0 Å². The van der Waals surface area contributed by atoms with E-state index in [0.29, 0.717) is 23.9 Å². The quantitative estimate of drug-likeness (QED) is 0.368. The highest BCUT2D eigenvalue weighted by Crippen LogP contribution is 2.32. The van der Waals surface area contributed by atoms with Gasteiger partial charge in [-0.25, -0.2) is 9.38 Å². The summed E-state index contributed by atoms with van der Waals surface area (Å²) in [5.74, 6) is -0.0706. The largest absolute Gasteiger partial charge is 0.497 e. The van der Waals surface area contributed by atoms with Gasteiger partial charge in [-0.15, -0.1) is 0 Å². The lowest BCUT2D eigenvalue weighted by Gasteiger charge is -2.16. The second-order valence-electron chi connectivity index (χ2n) is 6.16. The maximum Gasteiger partial charge on any atom is 0.416 e. The SMILES string of the molecule is CCNC(=NCc1ccc(F)cc1C(F)(F)F)NCC(O)c1ccc(OC)cc1. The molecule has 0 saturated heterocycles. The lowest BCUT2D eigenvalue weighted by molar-refractivity contribution is -0.138. The second kappa shape index (κ2) is 10.1. The van der Waals surface area contributed by atoms with Crippen LogP contribution in [0.25, 0.3) is 0 Å². The van der Waals surface area contributed by atoms with Crippen molar-refractivity contribution in [1.82, 2.24) is 10.6 Å². The summed E-state index contributed by atoms with van der Waals surface area (Å²) in [6.07, 6.45) is -5.54. The second-order valence-corrected chi connectivity index (χ2v) is 6.16. The molecule has 2 aromatic rings. The van der Waals surface area contributed by atoms with Gasteiger partial charge in [-0.3, -0.25) is 0 Å². The number of rotatable bonds is 7. The average molecular weight is 413 g/mol. The topological polar surface area (TPSA) is 65.9 Å². The van der Waals surface area contributed by atoms with Crippen LogP contribution in [0.2, 0.25) is 0 Å². The van der Waals surface area contributed by atoms with Gasteiger partial charge in [-0.05, 0) is 42.3 Å². The number of hydrogen-bond donors (Lipinski definition) is 3. The number of hydrogen-bond acceptors (Lipinski definition) is 3. The molecule has 2 rings (SSSR count). The molecule has 0 saturated carbocycles. The molecule has 0 bridgehead atoms. The van der Waals surface area contributed by atoms with E-state index >= 15 is 0 Å². The van der Waals surface area contributed by atoms with Gasteiger partial charge in [0.05, 0.1) is 25.3 Å². The molecule has 1 atom stereocenters. The number of aliphatic hydroxyl groups is 1. The summed E-state index contributed by atoms with van der Waals surface area (Å²) in [7, 11) is 1.54. The number of benzene rings is 2. The average Bonchev–Trinajstić information content (AvgIpc) is 2.69. The highest BCUT2D eigenvalue weighted by molar-refractivity contribution is 5.79. The van der Waals surface area contributed by atoms with Gasteiger partial charge < -0.3 is 20.5 Å². The van der Waals surface area contributed by atoms with Crippen LogP contribution >= 0.6 is 0 Å². The first kappa shape index (κ1) is 22.5. The van der Waals surface area contributed by atoms with Crippen LogP contribution in [0.4, 0.5) is 17.6 Å². The molecule has 0 radical (unpaired) electrons. The van der Waals surface area contributed by atoms with Crippen LogP contribution in [-0.2, 0) is 12.7 Å². The summed E-state index contributed by atoms with van der Waals surface area (Å²) in [4.78, 5) is 4.12. The number of halogens is 4. The first-order valence-corrected chi connectivity index (χ1v) is 8.94. The highest BCUT2D eigenvalue weighted by Gasteiger charge is 2.33. The Bertz CT molecular complexity index is 823. The molecular weight excluding hydrogens is 390 g/mol. The minimum absolute atomic E-state index is 0.0910. The van der Waals surface area contributed by atoms with Crippen LogP contribution in [0.1, 0.15) is 29.7 Å². The van der Waals surface area contributed by atoms with E-state index in [9.17, 15) is 22.7 Å². The standard InChI is InChI=1S/C20H23F4N3O2/c1-3-25-19(27-12-18(28)13-5-8-16(29-2)9-6-13)26-11-14-4-7-15(21)10-17(14)20(22,23)24/h4-10,18,28H,3,11-12H2,1-2H3,(H2,25,26,27). The number of guanidine groups is 1. The normalized spacial score (nSPS) is 13.1. The zero-order valence-corrected chi connectivity index (χ0v) is 16.1.